The van der Waals surface area contributed by atoms with Crippen molar-refractivity contribution < 1.29 is 14.3 Å². The number of fused-ring (bicyclic) bond motifs is 1. The number of carbonyl (C=O) groups excluding carboxylic acids is 1. The predicted octanol–water partition coefficient (Wildman–Crippen LogP) is 8.32. The van der Waals surface area contributed by atoms with E-state index >= 15 is 0 Å². The first-order valence-corrected chi connectivity index (χ1v) is 18.0. The first-order valence-electron chi connectivity index (χ1n) is 18.0. The van der Waals surface area contributed by atoms with E-state index in [2.05, 4.69) is 89.1 Å². The van der Waals surface area contributed by atoms with Crippen LogP contribution in [-0.2, 0) is 29.5 Å². The summed E-state index contributed by atoms with van der Waals surface area (Å²) in [6, 6.07) is 36.6. The van der Waals surface area contributed by atoms with E-state index in [-0.39, 0.29) is 16.9 Å². The minimum absolute atomic E-state index is 0.0630. The van der Waals surface area contributed by atoms with Crippen LogP contribution in [0.2, 0.25) is 0 Å². The normalized spacial score (nSPS) is 17.9. The van der Waals surface area contributed by atoms with Gasteiger partial charge in [-0.25, -0.2) is 0 Å². The Labute approximate surface area is 287 Å². The second-order valence-corrected chi connectivity index (χ2v) is 13.9. The monoisotopic (exact) mass is 644 g/mol. The lowest BCUT2D eigenvalue weighted by Crippen LogP contribution is -2.55. The molecular formula is C43H52N2O3. The van der Waals surface area contributed by atoms with E-state index in [1.165, 1.54) is 54.5 Å². The zero-order valence-electron chi connectivity index (χ0n) is 28.9. The lowest BCUT2D eigenvalue weighted by Gasteiger charge is -2.50. The molecular weight excluding hydrogens is 592 g/mol. The Morgan fingerprint density at radius 2 is 1.44 bits per heavy atom. The number of likely N-dealkylation sites (tertiary alicyclic amines) is 1. The van der Waals surface area contributed by atoms with E-state index in [0.29, 0.717) is 13.0 Å². The minimum Gasteiger partial charge on any atom is -0.497 e. The third kappa shape index (κ3) is 7.79. The number of rotatable bonds is 14. The number of hydrogen-bond acceptors (Lipinski definition) is 4. The summed E-state index contributed by atoms with van der Waals surface area (Å²) < 4.78 is 10.8. The number of hydrogen-bond donors (Lipinski definition) is 1. The largest absolute Gasteiger partial charge is 0.497 e. The second kappa shape index (κ2) is 15.9. The van der Waals surface area contributed by atoms with Crippen LogP contribution in [-0.4, -0.2) is 50.2 Å². The van der Waals surface area contributed by atoms with E-state index in [9.17, 15) is 4.79 Å². The van der Waals surface area contributed by atoms with Crippen molar-refractivity contribution in [3.63, 3.8) is 0 Å². The second-order valence-electron chi connectivity index (χ2n) is 13.9. The molecule has 2 aliphatic rings. The van der Waals surface area contributed by atoms with Crippen molar-refractivity contribution in [2.75, 3.05) is 33.9 Å². The molecule has 0 radical (unpaired) electrons. The van der Waals surface area contributed by atoms with Gasteiger partial charge in [0.05, 0.1) is 20.6 Å². The van der Waals surface area contributed by atoms with Crippen LogP contribution in [0.4, 0.5) is 0 Å². The number of ether oxygens (including phenoxy) is 2. The van der Waals surface area contributed by atoms with Crippen LogP contribution < -0.4 is 14.8 Å². The highest BCUT2D eigenvalue weighted by Crippen LogP contribution is 2.44. The van der Waals surface area contributed by atoms with E-state index < -0.39 is 0 Å². The molecule has 252 valence electrons. The fourth-order valence-electron chi connectivity index (χ4n) is 8.49. The van der Waals surface area contributed by atoms with Crippen molar-refractivity contribution in [2.24, 2.45) is 0 Å². The van der Waals surface area contributed by atoms with Crippen LogP contribution in [0.3, 0.4) is 0 Å². The highest BCUT2D eigenvalue weighted by Gasteiger charge is 2.41. The molecule has 48 heavy (non-hydrogen) atoms. The molecule has 5 nitrogen and oxygen atoms in total. The molecule has 6 rings (SSSR count). The first kappa shape index (κ1) is 33.8. The molecule has 1 atom stereocenters. The molecule has 1 aliphatic heterocycles. The predicted molar refractivity (Wildman–Crippen MR) is 195 cm³/mol. The Balaban J connectivity index is 1.16. The van der Waals surface area contributed by atoms with E-state index in [1.54, 1.807) is 14.2 Å². The van der Waals surface area contributed by atoms with Crippen molar-refractivity contribution in [3.8, 4) is 11.5 Å². The molecule has 1 amide bonds. The Morgan fingerprint density at radius 1 is 0.771 bits per heavy atom. The molecule has 1 fully saturated rings. The van der Waals surface area contributed by atoms with Gasteiger partial charge >= 0.3 is 0 Å². The molecule has 1 saturated heterocycles. The molecule has 0 saturated carbocycles. The number of carbonyl (C=O) groups is 1. The van der Waals surface area contributed by atoms with Crippen molar-refractivity contribution >= 4 is 5.91 Å². The van der Waals surface area contributed by atoms with Gasteiger partial charge in [-0.1, -0.05) is 85.3 Å². The van der Waals surface area contributed by atoms with Crippen LogP contribution in [0.5, 0.6) is 11.5 Å². The van der Waals surface area contributed by atoms with Crippen molar-refractivity contribution in [3.05, 3.63) is 131 Å². The maximum Gasteiger partial charge on any atom is 0.224 e. The number of methoxy groups -OCH3 is 2. The maximum atomic E-state index is 12.9. The highest BCUT2D eigenvalue weighted by molar-refractivity contribution is 5.78. The Morgan fingerprint density at radius 3 is 2.12 bits per heavy atom. The Bertz CT molecular complexity index is 1570. The summed E-state index contributed by atoms with van der Waals surface area (Å²) in [7, 11) is 3.42. The van der Waals surface area contributed by atoms with Gasteiger partial charge in [-0.3, -0.25) is 9.69 Å². The van der Waals surface area contributed by atoms with Gasteiger partial charge in [-0.15, -0.1) is 0 Å². The zero-order valence-corrected chi connectivity index (χ0v) is 28.9. The van der Waals surface area contributed by atoms with Crippen LogP contribution in [0.15, 0.2) is 103 Å². The minimum atomic E-state index is -0.123. The van der Waals surface area contributed by atoms with Crippen LogP contribution in [0.25, 0.3) is 0 Å². The van der Waals surface area contributed by atoms with Gasteiger partial charge in [0.2, 0.25) is 5.91 Å². The summed E-state index contributed by atoms with van der Waals surface area (Å²) in [6.45, 7) is 2.97. The summed E-state index contributed by atoms with van der Waals surface area (Å²) in [4.78, 5) is 15.7. The van der Waals surface area contributed by atoms with Crippen LogP contribution in [0, 0.1) is 0 Å². The fourth-order valence-corrected chi connectivity index (χ4v) is 8.49. The molecule has 5 heteroatoms. The summed E-state index contributed by atoms with van der Waals surface area (Å²) in [5, 5.41) is 3.21. The number of benzene rings is 4. The van der Waals surface area contributed by atoms with Crippen LogP contribution in [0.1, 0.15) is 79.2 Å². The topological polar surface area (TPSA) is 50.8 Å². The van der Waals surface area contributed by atoms with E-state index in [4.69, 9.17) is 9.47 Å². The van der Waals surface area contributed by atoms with Gasteiger partial charge in [0.1, 0.15) is 11.5 Å². The third-order valence-corrected chi connectivity index (χ3v) is 11.1. The Hall–Kier alpha value is -4.09. The molecule has 0 aromatic heterocycles. The van der Waals surface area contributed by atoms with Gasteiger partial charge < -0.3 is 14.8 Å². The molecule has 1 spiro atoms. The summed E-state index contributed by atoms with van der Waals surface area (Å²) >= 11 is 0. The number of nitrogens with zero attached hydrogens (tertiary/aromatic N) is 1. The van der Waals surface area contributed by atoms with Gasteiger partial charge in [0, 0.05) is 17.5 Å². The average Bonchev–Trinajstić information content (AvgIpc) is 3.14. The summed E-state index contributed by atoms with van der Waals surface area (Å²) in [6.07, 6.45) is 11.9. The zero-order chi connectivity index (χ0) is 33.2. The molecule has 1 aliphatic carbocycles. The molecule has 4 aromatic rings. The molecule has 0 bridgehead atoms. The van der Waals surface area contributed by atoms with Gasteiger partial charge in [-0.2, -0.15) is 0 Å². The molecule has 1 N–H and O–H groups in total. The Kier molecular flexibility index (Phi) is 11.2. The first-order chi connectivity index (χ1) is 23.5. The summed E-state index contributed by atoms with van der Waals surface area (Å²) in [5.74, 6) is 1.84. The van der Waals surface area contributed by atoms with Crippen molar-refractivity contribution in [1.29, 1.82) is 0 Å². The maximum absolute atomic E-state index is 12.9. The van der Waals surface area contributed by atoms with Gasteiger partial charge in [0.15, 0.2) is 0 Å². The van der Waals surface area contributed by atoms with E-state index in [1.807, 2.05) is 24.3 Å². The number of amides is 1. The smallest absolute Gasteiger partial charge is 0.224 e. The van der Waals surface area contributed by atoms with Crippen molar-refractivity contribution in [2.45, 2.75) is 81.6 Å². The molecule has 1 heterocycles. The average molecular weight is 645 g/mol. The lowest BCUT2D eigenvalue weighted by molar-refractivity contribution is -0.120. The SMILES string of the molecule is COc1ccc(CC(=O)NCCCC(CCCN2CCCCC23CCc2cc(OC)ccc2C3)(c2ccccc2)c2ccccc2)cc1. The van der Waals surface area contributed by atoms with Crippen LogP contribution >= 0.6 is 0 Å². The number of nitrogens with one attached hydrogen (secondary N) is 1. The third-order valence-electron chi connectivity index (χ3n) is 11.1. The highest BCUT2D eigenvalue weighted by atomic mass is 16.5. The van der Waals surface area contributed by atoms with E-state index in [0.717, 1.165) is 62.1 Å². The summed E-state index contributed by atoms with van der Waals surface area (Å²) in [5.41, 5.74) is 6.84. The van der Waals surface area contributed by atoms with Gasteiger partial charge in [-0.05, 0) is 123 Å². The molecule has 4 aromatic carbocycles. The molecule has 1 unspecified atom stereocenters. The number of piperidine rings is 1. The quantitative estimate of drug-likeness (QED) is 0.140. The lowest BCUT2D eigenvalue weighted by atomic mass is 9.68. The van der Waals surface area contributed by atoms with Gasteiger partial charge in [0.25, 0.3) is 0 Å². The van der Waals surface area contributed by atoms with Crippen molar-refractivity contribution in [1.82, 2.24) is 10.2 Å². The fraction of sp³-hybridized carbons (Fsp3) is 0.419. The number of aryl methyl sites for hydroxylation is 1. The standard InChI is InChI=1S/C43H52N2O3/c1-47-39-20-17-34(18-21-39)31-41(46)44-28-11-25-43(37-13-5-3-6-14-37,38-15-7-4-8-16-38)26-12-30-45-29-10-9-24-42(45)27-23-35-32-40(48-2)22-19-36(35)33-42/h3-8,13-22,32H,9-12,23-31,33H2,1-2H3,(H,44,46).